The molecule has 1 aliphatic heterocycles. The molecule has 0 spiro atoms. The molecule has 1 aromatic carbocycles. The number of aliphatic hydroxyl groups is 2. The fraction of sp³-hybridized carbons (Fsp3) is 0.421. The van der Waals surface area contributed by atoms with Crippen molar-refractivity contribution in [1.82, 2.24) is 19.5 Å². The topological polar surface area (TPSA) is 172 Å². The van der Waals surface area contributed by atoms with Gasteiger partial charge in [0.15, 0.2) is 23.2 Å². The van der Waals surface area contributed by atoms with Gasteiger partial charge < -0.3 is 34.8 Å². The standard InChI is InChI=1S/C19H23ClN5O7P/c1-10(11-5-3-2-4-6-11)22-16-13-17(24-19(20)23-16)25(8-21-13)18-15(27)14(26)12(32-18)7-31-9-33(28,29)30/h2-6,8,10,12,14-15,18,26-27H,7,9H2,1H3,(H,22,23,24)(H2,28,29,30)/t10-,12+,14+,15+,18+/m0/s1. The zero-order valence-corrected chi connectivity index (χ0v) is 19.0. The van der Waals surface area contributed by atoms with Crippen LogP contribution in [-0.4, -0.2) is 70.8 Å². The predicted octanol–water partition coefficient (Wildman–Crippen LogP) is 1.42. The van der Waals surface area contributed by atoms with Crippen molar-refractivity contribution in [1.29, 1.82) is 0 Å². The Morgan fingerprint density at radius 2 is 1.97 bits per heavy atom. The van der Waals surface area contributed by atoms with E-state index in [2.05, 4.69) is 20.3 Å². The number of nitrogens with zero attached hydrogens (tertiary/aromatic N) is 4. The molecule has 0 unspecified atom stereocenters. The van der Waals surface area contributed by atoms with E-state index >= 15 is 0 Å². The summed E-state index contributed by atoms with van der Waals surface area (Å²) < 4.78 is 23.0. The number of fused-ring (bicyclic) bond motifs is 1. The minimum atomic E-state index is -4.37. The Morgan fingerprint density at radius 1 is 1.24 bits per heavy atom. The van der Waals surface area contributed by atoms with Gasteiger partial charge in [0.2, 0.25) is 5.28 Å². The second kappa shape index (κ2) is 9.61. The smallest absolute Gasteiger partial charge is 0.350 e. The quantitative estimate of drug-likeness (QED) is 0.224. The van der Waals surface area contributed by atoms with Gasteiger partial charge in [0, 0.05) is 0 Å². The van der Waals surface area contributed by atoms with E-state index in [-0.39, 0.29) is 23.6 Å². The number of anilines is 1. The third-order valence-corrected chi connectivity index (χ3v) is 5.89. The lowest BCUT2D eigenvalue weighted by Gasteiger charge is -2.18. The van der Waals surface area contributed by atoms with Crippen LogP contribution >= 0.6 is 19.2 Å². The first-order chi connectivity index (χ1) is 15.6. The molecule has 1 saturated heterocycles. The van der Waals surface area contributed by atoms with E-state index in [0.29, 0.717) is 11.3 Å². The summed E-state index contributed by atoms with van der Waals surface area (Å²) in [7, 11) is -4.37. The van der Waals surface area contributed by atoms with Crippen LogP contribution in [0.3, 0.4) is 0 Å². The van der Waals surface area contributed by atoms with Gasteiger partial charge in [0.25, 0.3) is 0 Å². The van der Waals surface area contributed by atoms with Crippen molar-refractivity contribution in [3.8, 4) is 0 Å². The molecule has 5 atom stereocenters. The Morgan fingerprint density at radius 3 is 2.67 bits per heavy atom. The van der Waals surface area contributed by atoms with Crippen LogP contribution < -0.4 is 5.32 Å². The van der Waals surface area contributed by atoms with Crippen LogP contribution in [0.1, 0.15) is 24.8 Å². The van der Waals surface area contributed by atoms with Crippen molar-refractivity contribution in [2.24, 2.45) is 0 Å². The Kier molecular flexibility index (Phi) is 6.99. The summed E-state index contributed by atoms with van der Waals surface area (Å²) in [5.41, 5.74) is 1.68. The van der Waals surface area contributed by atoms with E-state index in [1.165, 1.54) is 10.9 Å². The molecule has 178 valence electrons. The zero-order chi connectivity index (χ0) is 23.8. The normalized spacial score (nSPS) is 24.3. The lowest BCUT2D eigenvalue weighted by Crippen LogP contribution is -2.33. The highest BCUT2D eigenvalue weighted by Crippen LogP contribution is 2.36. The van der Waals surface area contributed by atoms with Gasteiger partial charge >= 0.3 is 7.60 Å². The van der Waals surface area contributed by atoms with Gasteiger partial charge in [-0.25, -0.2) is 4.98 Å². The number of halogens is 1. The maximum Gasteiger partial charge on any atom is 0.350 e. The number of benzene rings is 1. The first-order valence-electron chi connectivity index (χ1n) is 9.99. The molecule has 4 rings (SSSR count). The molecule has 0 bridgehead atoms. The molecule has 3 heterocycles. The number of imidazole rings is 1. The molecule has 2 aromatic heterocycles. The number of rotatable bonds is 8. The SMILES string of the molecule is C[C@H](Nc1nc(Cl)nc2c1ncn2[C@@H]1O[C@H](COCP(=O)(O)O)[C@@H](O)[C@H]1O)c1ccccc1. The van der Waals surface area contributed by atoms with Gasteiger partial charge in [-0.3, -0.25) is 9.13 Å². The Labute approximate surface area is 193 Å². The number of hydrogen-bond donors (Lipinski definition) is 5. The van der Waals surface area contributed by atoms with Crippen LogP contribution in [-0.2, 0) is 14.0 Å². The third-order valence-electron chi connectivity index (χ3n) is 5.20. The molecule has 0 aliphatic carbocycles. The summed E-state index contributed by atoms with van der Waals surface area (Å²) in [6, 6.07) is 9.59. The Balaban J connectivity index is 1.57. The number of ether oxygens (including phenoxy) is 2. The van der Waals surface area contributed by atoms with E-state index < -0.39 is 38.5 Å². The molecular weight excluding hydrogens is 477 g/mol. The molecule has 0 saturated carbocycles. The zero-order valence-electron chi connectivity index (χ0n) is 17.4. The summed E-state index contributed by atoms with van der Waals surface area (Å²) in [5, 5.41) is 24.1. The molecule has 12 nitrogen and oxygen atoms in total. The molecule has 1 aliphatic rings. The largest absolute Gasteiger partial charge is 0.387 e. The predicted molar refractivity (Wildman–Crippen MR) is 118 cm³/mol. The van der Waals surface area contributed by atoms with Gasteiger partial charge in [0.05, 0.1) is 19.0 Å². The van der Waals surface area contributed by atoms with Crippen molar-refractivity contribution in [2.75, 3.05) is 18.3 Å². The van der Waals surface area contributed by atoms with Crippen molar-refractivity contribution in [2.45, 2.75) is 37.5 Å². The molecule has 0 radical (unpaired) electrons. The third kappa shape index (κ3) is 5.34. The average molecular weight is 500 g/mol. The first kappa shape index (κ1) is 24.0. The lowest BCUT2D eigenvalue weighted by molar-refractivity contribution is -0.0612. The molecule has 5 N–H and O–H groups in total. The van der Waals surface area contributed by atoms with Crippen molar-refractivity contribution in [3.05, 3.63) is 47.5 Å². The molecule has 3 aromatic rings. The van der Waals surface area contributed by atoms with E-state index in [1.807, 2.05) is 37.3 Å². The summed E-state index contributed by atoms with van der Waals surface area (Å²) in [5.74, 6) is 0.384. The molecular formula is C19H23ClN5O7P. The van der Waals surface area contributed by atoms with Crippen LogP contribution in [0.25, 0.3) is 11.2 Å². The van der Waals surface area contributed by atoms with Crippen molar-refractivity contribution < 1.29 is 34.0 Å². The van der Waals surface area contributed by atoms with Gasteiger partial charge in [-0.05, 0) is 24.1 Å². The molecule has 0 amide bonds. The number of aliphatic hydroxyl groups excluding tert-OH is 2. The maximum absolute atomic E-state index is 11.0. The van der Waals surface area contributed by atoms with E-state index in [9.17, 15) is 14.8 Å². The van der Waals surface area contributed by atoms with Crippen molar-refractivity contribution >= 4 is 36.2 Å². The Bertz CT molecular complexity index is 1160. The van der Waals surface area contributed by atoms with Crippen LogP contribution in [0.2, 0.25) is 5.28 Å². The molecule has 14 heteroatoms. The monoisotopic (exact) mass is 499 g/mol. The lowest BCUT2D eigenvalue weighted by atomic mass is 10.1. The van der Waals surface area contributed by atoms with E-state index in [0.717, 1.165) is 5.56 Å². The highest BCUT2D eigenvalue weighted by Gasteiger charge is 2.44. The van der Waals surface area contributed by atoms with Crippen LogP contribution in [0.5, 0.6) is 0 Å². The number of nitrogens with one attached hydrogen (secondary N) is 1. The summed E-state index contributed by atoms with van der Waals surface area (Å²) in [6.45, 7) is 1.63. The first-order valence-corrected chi connectivity index (χ1v) is 12.2. The maximum atomic E-state index is 11.0. The minimum absolute atomic E-state index is 0.0541. The van der Waals surface area contributed by atoms with Gasteiger partial charge in [-0.1, -0.05) is 30.3 Å². The van der Waals surface area contributed by atoms with Crippen LogP contribution in [0.15, 0.2) is 36.7 Å². The fourth-order valence-electron chi connectivity index (χ4n) is 3.59. The van der Waals surface area contributed by atoms with Crippen LogP contribution in [0.4, 0.5) is 5.82 Å². The average Bonchev–Trinajstić information content (AvgIpc) is 3.29. The van der Waals surface area contributed by atoms with Crippen molar-refractivity contribution in [3.63, 3.8) is 0 Å². The van der Waals surface area contributed by atoms with E-state index in [4.69, 9.17) is 30.9 Å². The summed E-state index contributed by atoms with van der Waals surface area (Å²) in [4.78, 5) is 30.6. The van der Waals surface area contributed by atoms with E-state index in [1.54, 1.807) is 0 Å². The molecule has 1 fully saturated rings. The second-order valence-electron chi connectivity index (χ2n) is 7.65. The Hall–Kier alpha value is -2.15. The number of aromatic nitrogens is 4. The highest BCUT2D eigenvalue weighted by atomic mass is 35.5. The summed E-state index contributed by atoms with van der Waals surface area (Å²) in [6.07, 6.45) is -4.29. The highest BCUT2D eigenvalue weighted by molar-refractivity contribution is 7.51. The van der Waals surface area contributed by atoms with Gasteiger partial charge in [-0.15, -0.1) is 0 Å². The van der Waals surface area contributed by atoms with Crippen LogP contribution in [0, 0.1) is 0 Å². The van der Waals surface area contributed by atoms with Gasteiger partial charge in [0.1, 0.15) is 24.7 Å². The molecule has 33 heavy (non-hydrogen) atoms. The second-order valence-corrected chi connectivity index (χ2v) is 9.58. The van der Waals surface area contributed by atoms with Gasteiger partial charge in [-0.2, -0.15) is 9.97 Å². The number of hydrogen-bond acceptors (Lipinski definition) is 9. The fourth-order valence-corrected chi connectivity index (χ4v) is 4.10. The minimum Gasteiger partial charge on any atom is -0.387 e. The summed E-state index contributed by atoms with van der Waals surface area (Å²) >= 11 is 6.14.